The molecule has 2 aromatic carbocycles. The van der Waals surface area contributed by atoms with Gasteiger partial charge in [0.25, 0.3) is 0 Å². The predicted octanol–water partition coefficient (Wildman–Crippen LogP) is 3.84. The summed E-state index contributed by atoms with van der Waals surface area (Å²) in [5.74, 6) is -0.575. The number of rotatable bonds is 13. The molecule has 4 amide bonds. The summed E-state index contributed by atoms with van der Waals surface area (Å²) >= 11 is 0. The van der Waals surface area contributed by atoms with E-state index in [1.807, 2.05) is 48.5 Å². The van der Waals surface area contributed by atoms with Crippen LogP contribution in [0.3, 0.4) is 0 Å². The van der Waals surface area contributed by atoms with Gasteiger partial charge in [-0.2, -0.15) is 0 Å². The van der Waals surface area contributed by atoms with Gasteiger partial charge in [0.05, 0.1) is 60.6 Å². The number of aromatic nitrogens is 4. The number of nitrogens with one attached hydrogen (secondary N) is 4. The van der Waals surface area contributed by atoms with Crippen LogP contribution in [0.4, 0.5) is 9.59 Å². The van der Waals surface area contributed by atoms with Gasteiger partial charge < -0.3 is 39.9 Å². The fraction of sp³-hybridized carbons (Fsp3) is 0.463. The molecule has 2 aromatic heterocycles. The number of alkyl carbamates (subject to hydrolysis) is 2. The third-order valence-electron chi connectivity index (χ3n) is 11.3. The first-order valence-corrected chi connectivity index (χ1v) is 23.0. The standard InChI is InChI=1S/C41H52N8O10S2/c1-22(2)34(46-40(52)58-5)38(50)48-20-28(60(54)55)16-32(48)36-42-18-30(44-36)26-12-8-24(9-13-26)25-10-14-27(15-11-25)31-19-43-37(45-31)33-17-29(61(7,56)57)21-49(33)39(51)35(23(3)4)47-41(53)59-6/h8-15,18-19,22-23,28-29,32-35,60H,16-17,20-21H2,1-7H3,(H,42,44)(H,43,45)(H,46,52)(H,47,53)/t28-,29-,32-,33-,34-,35-/m0/s1. The first-order valence-electron chi connectivity index (χ1n) is 19.8. The number of aromatic amines is 2. The number of H-pyrrole nitrogens is 2. The lowest BCUT2D eigenvalue weighted by Crippen LogP contribution is -2.51. The van der Waals surface area contributed by atoms with E-state index in [4.69, 9.17) is 9.47 Å². The van der Waals surface area contributed by atoms with Crippen LogP contribution in [0.1, 0.15) is 64.3 Å². The van der Waals surface area contributed by atoms with E-state index in [9.17, 15) is 36.0 Å². The van der Waals surface area contributed by atoms with Gasteiger partial charge in [0, 0.05) is 19.3 Å². The zero-order chi connectivity index (χ0) is 44.3. The maximum atomic E-state index is 13.8. The zero-order valence-corrected chi connectivity index (χ0v) is 36.7. The molecule has 6 atom stereocenters. The molecule has 18 nitrogen and oxygen atoms in total. The molecule has 20 heteroatoms. The summed E-state index contributed by atoms with van der Waals surface area (Å²) in [6, 6.07) is 12.3. The van der Waals surface area contributed by atoms with Crippen LogP contribution in [0.2, 0.25) is 0 Å². The van der Waals surface area contributed by atoms with E-state index in [1.165, 1.54) is 24.0 Å². The summed E-state index contributed by atoms with van der Waals surface area (Å²) < 4.78 is 58.8. The number of hydrogen-bond donors (Lipinski definition) is 5. The number of carbonyl (C=O) groups is 4. The second-order valence-electron chi connectivity index (χ2n) is 16.1. The van der Waals surface area contributed by atoms with Crippen molar-refractivity contribution in [3.05, 3.63) is 72.6 Å². The average molecular weight is 881 g/mol. The predicted molar refractivity (Wildman–Crippen MR) is 226 cm³/mol. The van der Waals surface area contributed by atoms with Gasteiger partial charge in [-0.3, -0.25) is 9.59 Å². The van der Waals surface area contributed by atoms with Crippen LogP contribution >= 0.6 is 0 Å². The van der Waals surface area contributed by atoms with Crippen LogP contribution < -0.4 is 10.6 Å². The van der Waals surface area contributed by atoms with E-state index >= 15 is 0 Å². The number of methoxy groups -OCH3 is 2. The Morgan fingerprint density at radius 1 is 0.689 bits per heavy atom. The quantitative estimate of drug-likeness (QED) is 0.120. The Morgan fingerprint density at radius 3 is 1.46 bits per heavy atom. The van der Waals surface area contributed by atoms with Crippen LogP contribution in [0.15, 0.2) is 60.9 Å². The highest BCUT2D eigenvalue weighted by Gasteiger charge is 2.45. The summed E-state index contributed by atoms with van der Waals surface area (Å²) in [5.41, 5.74) is 4.84. The molecule has 2 fully saturated rings. The maximum Gasteiger partial charge on any atom is 0.407 e. The van der Waals surface area contributed by atoms with Crippen molar-refractivity contribution in [2.75, 3.05) is 33.6 Å². The first-order chi connectivity index (χ1) is 28.9. The number of amides is 4. The fourth-order valence-electron chi connectivity index (χ4n) is 7.83. The third-order valence-corrected chi connectivity index (χ3v) is 13.9. The molecule has 6 rings (SSSR count). The monoisotopic (exact) mass is 880 g/mol. The van der Waals surface area contributed by atoms with Crippen molar-refractivity contribution in [1.29, 1.82) is 0 Å². The molecule has 0 bridgehead atoms. The van der Waals surface area contributed by atoms with Crippen molar-refractivity contribution in [2.24, 2.45) is 11.8 Å². The number of ether oxygens (including phenoxy) is 2. The lowest BCUT2D eigenvalue weighted by molar-refractivity contribution is -0.136. The number of likely N-dealkylation sites (tertiary alicyclic amines) is 2. The summed E-state index contributed by atoms with van der Waals surface area (Å²) in [6.45, 7) is 7.06. The number of imidazole rings is 2. The number of benzene rings is 2. The van der Waals surface area contributed by atoms with Gasteiger partial charge in [0.15, 0.2) is 9.84 Å². The van der Waals surface area contributed by atoms with Crippen LogP contribution in [0.25, 0.3) is 33.6 Å². The van der Waals surface area contributed by atoms with Gasteiger partial charge in [-0.1, -0.05) is 76.2 Å². The lowest BCUT2D eigenvalue weighted by atomic mass is 10.0. The highest BCUT2D eigenvalue weighted by molar-refractivity contribution is 7.91. The number of carbonyl (C=O) groups excluding carboxylic acids is 4. The molecule has 4 aromatic rings. The lowest BCUT2D eigenvalue weighted by Gasteiger charge is -2.30. The minimum absolute atomic E-state index is 0.0260. The van der Waals surface area contributed by atoms with Gasteiger partial charge >= 0.3 is 12.2 Å². The maximum absolute atomic E-state index is 13.8. The summed E-state index contributed by atoms with van der Waals surface area (Å²) in [4.78, 5) is 70.2. The molecule has 2 aliphatic rings. The molecule has 2 saturated heterocycles. The number of hydrogen-bond acceptors (Lipinski definition) is 12. The first kappa shape index (κ1) is 44.8. The Morgan fingerprint density at radius 2 is 1.08 bits per heavy atom. The topological polar surface area (TPSA) is 243 Å². The van der Waals surface area contributed by atoms with Crippen LogP contribution in [-0.2, 0) is 39.6 Å². The van der Waals surface area contributed by atoms with Gasteiger partial charge in [-0.05, 0) is 46.9 Å². The number of thiol groups is 1. The Labute approximate surface area is 356 Å². The van der Waals surface area contributed by atoms with E-state index < -0.39 is 79.2 Å². The minimum Gasteiger partial charge on any atom is -0.453 e. The van der Waals surface area contributed by atoms with E-state index in [0.717, 1.165) is 28.5 Å². The molecule has 0 spiro atoms. The van der Waals surface area contributed by atoms with Crippen molar-refractivity contribution in [1.82, 2.24) is 40.4 Å². The van der Waals surface area contributed by atoms with E-state index in [0.29, 0.717) is 23.0 Å². The molecule has 0 unspecified atom stereocenters. The zero-order valence-electron chi connectivity index (χ0n) is 34.9. The molecule has 61 heavy (non-hydrogen) atoms. The molecule has 0 aliphatic carbocycles. The molecule has 328 valence electrons. The van der Waals surface area contributed by atoms with Crippen molar-refractivity contribution < 1.29 is 45.5 Å². The summed E-state index contributed by atoms with van der Waals surface area (Å²) in [6.07, 6.45) is 3.22. The second kappa shape index (κ2) is 18.5. The van der Waals surface area contributed by atoms with E-state index in [1.54, 1.807) is 40.1 Å². The van der Waals surface area contributed by atoms with Gasteiger partial charge in [-0.15, -0.1) is 0 Å². The van der Waals surface area contributed by atoms with Crippen LogP contribution in [0.5, 0.6) is 0 Å². The molecule has 4 heterocycles. The minimum atomic E-state index is -3.50. The molecule has 0 radical (unpaired) electrons. The van der Waals surface area contributed by atoms with Crippen molar-refractivity contribution in [3.63, 3.8) is 0 Å². The molecule has 4 N–H and O–H groups in total. The normalized spacial score (nSPS) is 20.2. The molecule has 2 aliphatic heterocycles. The fourth-order valence-corrected chi connectivity index (χ4v) is 9.47. The van der Waals surface area contributed by atoms with E-state index in [-0.39, 0.29) is 37.8 Å². The Hall–Kier alpha value is -5.76. The Kier molecular flexibility index (Phi) is 13.6. The number of nitrogens with zero attached hydrogens (tertiary/aromatic N) is 4. The highest BCUT2D eigenvalue weighted by atomic mass is 32.2. The van der Waals surface area contributed by atoms with Crippen LogP contribution in [0, 0.1) is 11.8 Å². The van der Waals surface area contributed by atoms with Crippen molar-refractivity contribution >= 4 is 44.5 Å². The second-order valence-corrected chi connectivity index (χ2v) is 19.7. The number of sulfone groups is 1. The molecular formula is C41H52N8O10S2. The SMILES string of the molecule is COC(=O)N[C@H](C(=O)N1C[C@@H]([SH](=O)=O)C[C@H]1c1ncc(-c2ccc(-c3ccc(-c4cnc([C@@H]5C[C@H](S(C)(=O)=O)CN5C(=O)[C@@H](NC(=O)OC)C(C)C)[nH]4)cc3)cc2)[nH]1)C(C)C. The Balaban J connectivity index is 1.17. The highest BCUT2D eigenvalue weighted by Crippen LogP contribution is 2.37. The van der Waals surface area contributed by atoms with Gasteiger partial charge in [-0.25, -0.2) is 36.4 Å². The smallest absolute Gasteiger partial charge is 0.407 e. The van der Waals surface area contributed by atoms with Crippen LogP contribution in [-0.4, -0.2) is 127 Å². The Bertz CT molecular complexity index is 2420. The van der Waals surface area contributed by atoms with Gasteiger partial charge in [0.1, 0.15) is 34.4 Å². The van der Waals surface area contributed by atoms with Gasteiger partial charge in [0.2, 0.25) is 11.8 Å². The van der Waals surface area contributed by atoms with E-state index in [2.05, 4.69) is 30.6 Å². The van der Waals surface area contributed by atoms with Crippen molar-refractivity contribution in [3.8, 4) is 33.6 Å². The molecular weight excluding hydrogens is 829 g/mol. The third kappa shape index (κ3) is 9.91. The summed E-state index contributed by atoms with van der Waals surface area (Å²) in [7, 11) is -3.90. The molecule has 0 saturated carbocycles. The van der Waals surface area contributed by atoms with Crippen molar-refractivity contribution in [2.45, 2.75) is 75.2 Å². The largest absolute Gasteiger partial charge is 0.453 e. The average Bonchev–Trinajstić information content (AvgIpc) is 4.07. The summed E-state index contributed by atoms with van der Waals surface area (Å²) in [5, 5.41) is 3.58.